The molecule has 2 aromatic rings. The van der Waals surface area contributed by atoms with Crippen LogP contribution < -0.4 is 0 Å². The van der Waals surface area contributed by atoms with Gasteiger partial charge >= 0.3 is 5.97 Å². The van der Waals surface area contributed by atoms with Crippen molar-refractivity contribution in [2.24, 2.45) is 0 Å². The number of carbonyl (C=O) groups is 1. The molecule has 0 radical (unpaired) electrons. The molecule has 110 valence electrons. The van der Waals surface area contributed by atoms with Gasteiger partial charge in [0.1, 0.15) is 0 Å². The van der Waals surface area contributed by atoms with E-state index in [0.29, 0.717) is 5.56 Å². The van der Waals surface area contributed by atoms with Crippen LogP contribution in [0.25, 0.3) is 0 Å². The molecule has 4 nitrogen and oxygen atoms in total. The summed E-state index contributed by atoms with van der Waals surface area (Å²) in [6.45, 7) is 0. The van der Waals surface area contributed by atoms with Gasteiger partial charge in [-0.05, 0) is 17.7 Å². The third-order valence-corrected chi connectivity index (χ3v) is 5.25. The molecule has 1 N–H and O–H groups in total. The molecule has 0 saturated carbocycles. The molecule has 0 aromatic heterocycles. The third kappa shape index (κ3) is 3.56. The maximum Gasteiger partial charge on any atom is 0.337 e. The van der Waals surface area contributed by atoms with Gasteiger partial charge in [0.2, 0.25) is 0 Å². The second-order valence-electron chi connectivity index (χ2n) is 4.31. The van der Waals surface area contributed by atoms with Crippen molar-refractivity contribution in [1.29, 1.82) is 0 Å². The van der Waals surface area contributed by atoms with Gasteiger partial charge in [-0.15, -0.1) is 0 Å². The number of sulfone groups is 1. The largest absolute Gasteiger partial charge is 0.478 e. The molecular formula is C14H10Cl2O4S. The highest BCUT2D eigenvalue weighted by Gasteiger charge is 2.22. The van der Waals surface area contributed by atoms with E-state index in [1.807, 2.05) is 0 Å². The molecule has 7 heteroatoms. The fourth-order valence-electron chi connectivity index (χ4n) is 1.80. The van der Waals surface area contributed by atoms with Crippen molar-refractivity contribution in [2.45, 2.75) is 10.6 Å². The van der Waals surface area contributed by atoms with E-state index in [0.717, 1.165) is 12.1 Å². The number of halogens is 2. The minimum absolute atomic E-state index is 0.0964. The van der Waals surface area contributed by atoms with Gasteiger partial charge in [-0.3, -0.25) is 0 Å². The Labute approximate surface area is 131 Å². The molecule has 0 aliphatic carbocycles. The Hall–Kier alpha value is -1.56. The van der Waals surface area contributed by atoms with Crippen molar-refractivity contribution < 1.29 is 18.3 Å². The Morgan fingerprint density at radius 2 is 1.67 bits per heavy atom. The fraction of sp³-hybridized carbons (Fsp3) is 0.0714. The second-order valence-corrected chi connectivity index (χ2v) is 7.08. The summed E-state index contributed by atoms with van der Waals surface area (Å²) in [7, 11) is -3.77. The Kier molecular flexibility index (Phi) is 4.56. The van der Waals surface area contributed by atoms with Crippen molar-refractivity contribution in [3.8, 4) is 0 Å². The van der Waals surface area contributed by atoms with Gasteiger partial charge in [-0.2, -0.15) is 0 Å². The molecule has 0 aliphatic heterocycles. The highest BCUT2D eigenvalue weighted by Crippen LogP contribution is 2.30. The maximum absolute atomic E-state index is 12.4. The number of benzene rings is 2. The minimum Gasteiger partial charge on any atom is -0.478 e. The van der Waals surface area contributed by atoms with Crippen LogP contribution in [0.4, 0.5) is 0 Å². The highest BCUT2D eigenvalue weighted by atomic mass is 35.5. The first-order chi connectivity index (χ1) is 9.81. The van der Waals surface area contributed by atoms with E-state index < -0.39 is 15.8 Å². The van der Waals surface area contributed by atoms with Gasteiger partial charge in [0, 0.05) is 0 Å². The summed E-state index contributed by atoms with van der Waals surface area (Å²) in [6.07, 6.45) is 0. The average molecular weight is 345 g/mol. The van der Waals surface area contributed by atoms with E-state index in [2.05, 4.69) is 0 Å². The zero-order valence-electron chi connectivity index (χ0n) is 10.6. The minimum atomic E-state index is -3.77. The monoisotopic (exact) mass is 344 g/mol. The Morgan fingerprint density at radius 1 is 1.05 bits per heavy atom. The van der Waals surface area contributed by atoms with Gasteiger partial charge in [0.05, 0.1) is 26.3 Å². The van der Waals surface area contributed by atoms with Crippen LogP contribution >= 0.6 is 23.2 Å². The summed E-state index contributed by atoms with van der Waals surface area (Å²) >= 11 is 11.6. The quantitative estimate of drug-likeness (QED) is 0.918. The van der Waals surface area contributed by atoms with Crippen molar-refractivity contribution in [3.63, 3.8) is 0 Å². The number of carboxylic acid groups (broad SMARTS) is 1. The Balaban J connectivity index is 2.50. The van der Waals surface area contributed by atoms with Crippen LogP contribution in [0.5, 0.6) is 0 Å². The molecule has 0 aliphatic rings. The SMILES string of the molecule is O=C(O)c1cc(S(=O)(=O)Cc2ccccc2)c(Cl)cc1Cl. The number of hydrogen-bond acceptors (Lipinski definition) is 3. The molecule has 0 saturated heterocycles. The van der Waals surface area contributed by atoms with E-state index in [4.69, 9.17) is 28.3 Å². The smallest absolute Gasteiger partial charge is 0.337 e. The third-order valence-electron chi connectivity index (χ3n) is 2.79. The van der Waals surface area contributed by atoms with E-state index in [1.165, 1.54) is 0 Å². The van der Waals surface area contributed by atoms with Gasteiger partial charge in [0.25, 0.3) is 0 Å². The number of rotatable bonds is 4. The van der Waals surface area contributed by atoms with E-state index in [-0.39, 0.29) is 26.3 Å². The Morgan fingerprint density at radius 3 is 2.24 bits per heavy atom. The van der Waals surface area contributed by atoms with Gasteiger partial charge < -0.3 is 5.11 Å². The van der Waals surface area contributed by atoms with Crippen molar-refractivity contribution in [1.82, 2.24) is 0 Å². The van der Waals surface area contributed by atoms with Gasteiger partial charge in [-0.1, -0.05) is 53.5 Å². The molecule has 0 amide bonds. The molecule has 21 heavy (non-hydrogen) atoms. The summed E-state index contributed by atoms with van der Waals surface area (Å²) in [6, 6.07) is 10.7. The molecule has 0 spiro atoms. The van der Waals surface area contributed by atoms with Crippen molar-refractivity contribution in [3.05, 3.63) is 63.6 Å². The van der Waals surface area contributed by atoms with Crippen LogP contribution in [-0.2, 0) is 15.6 Å². The van der Waals surface area contributed by atoms with E-state index >= 15 is 0 Å². The first-order valence-corrected chi connectivity index (χ1v) is 8.21. The van der Waals surface area contributed by atoms with Crippen LogP contribution in [0.2, 0.25) is 10.0 Å². The topological polar surface area (TPSA) is 71.4 Å². The zero-order chi connectivity index (χ0) is 15.6. The van der Waals surface area contributed by atoms with Crippen LogP contribution in [0.3, 0.4) is 0 Å². The molecule has 0 fully saturated rings. The molecular weight excluding hydrogens is 335 g/mol. The number of carboxylic acids is 1. The molecule has 2 rings (SSSR count). The van der Waals surface area contributed by atoms with E-state index in [1.54, 1.807) is 30.3 Å². The molecule has 0 heterocycles. The predicted molar refractivity (Wildman–Crippen MR) is 80.8 cm³/mol. The summed E-state index contributed by atoms with van der Waals surface area (Å²) in [4.78, 5) is 10.8. The summed E-state index contributed by atoms with van der Waals surface area (Å²) in [5.74, 6) is -1.58. The first kappa shape index (κ1) is 15.8. The summed E-state index contributed by atoms with van der Waals surface area (Å²) in [5.41, 5.74) is 0.285. The number of hydrogen-bond donors (Lipinski definition) is 1. The van der Waals surface area contributed by atoms with Crippen LogP contribution in [0, 0.1) is 0 Å². The predicted octanol–water partition coefficient (Wildman–Crippen LogP) is 3.67. The van der Waals surface area contributed by atoms with Gasteiger partial charge in [-0.25, -0.2) is 13.2 Å². The molecule has 0 bridgehead atoms. The number of aromatic carboxylic acids is 1. The summed E-state index contributed by atoms with van der Waals surface area (Å²) < 4.78 is 24.8. The lowest BCUT2D eigenvalue weighted by Crippen LogP contribution is -2.08. The standard InChI is InChI=1S/C14H10Cl2O4S/c15-11-7-12(16)13(6-10(11)14(17)18)21(19,20)8-9-4-2-1-3-5-9/h1-7H,8H2,(H,17,18). The highest BCUT2D eigenvalue weighted by molar-refractivity contribution is 7.90. The second kappa shape index (κ2) is 6.05. The lowest BCUT2D eigenvalue weighted by molar-refractivity contribution is 0.0697. The lowest BCUT2D eigenvalue weighted by atomic mass is 10.2. The van der Waals surface area contributed by atoms with Crippen LogP contribution in [0.15, 0.2) is 47.4 Å². The van der Waals surface area contributed by atoms with Crippen molar-refractivity contribution in [2.75, 3.05) is 0 Å². The summed E-state index contributed by atoms with van der Waals surface area (Å²) in [5, 5.41) is 8.81. The normalized spacial score (nSPS) is 11.3. The van der Waals surface area contributed by atoms with E-state index in [9.17, 15) is 13.2 Å². The molecule has 0 unspecified atom stereocenters. The maximum atomic E-state index is 12.4. The zero-order valence-corrected chi connectivity index (χ0v) is 12.9. The molecule has 2 aromatic carbocycles. The average Bonchev–Trinajstić information content (AvgIpc) is 2.38. The Bertz CT molecular complexity index is 786. The van der Waals surface area contributed by atoms with Crippen LogP contribution in [-0.4, -0.2) is 19.5 Å². The van der Waals surface area contributed by atoms with Crippen molar-refractivity contribution >= 4 is 39.0 Å². The molecule has 0 atom stereocenters. The van der Waals surface area contributed by atoms with Gasteiger partial charge in [0.15, 0.2) is 9.84 Å². The first-order valence-electron chi connectivity index (χ1n) is 5.80. The fourth-order valence-corrected chi connectivity index (χ4v) is 4.06. The van der Waals surface area contributed by atoms with Crippen LogP contribution in [0.1, 0.15) is 15.9 Å². The lowest BCUT2D eigenvalue weighted by Gasteiger charge is -2.09.